The standard InChI is InChI=1S/C12H19FN2O/c1-10(2)5-8-16-9-7-15-12-11(13)4-3-6-14-12/h3-4,6,10H,5,7-9H2,1-2H3,(H,14,15). The van der Waals surface area contributed by atoms with Crippen LogP contribution in [0.15, 0.2) is 18.3 Å². The summed E-state index contributed by atoms with van der Waals surface area (Å²) in [4.78, 5) is 3.88. The van der Waals surface area contributed by atoms with E-state index in [1.807, 2.05) is 0 Å². The SMILES string of the molecule is CC(C)CCOCCNc1ncccc1F. The summed E-state index contributed by atoms with van der Waals surface area (Å²) in [7, 11) is 0. The summed E-state index contributed by atoms with van der Waals surface area (Å²) in [5, 5.41) is 2.89. The van der Waals surface area contributed by atoms with Crippen LogP contribution in [0.4, 0.5) is 10.2 Å². The first-order valence-corrected chi connectivity index (χ1v) is 5.62. The van der Waals surface area contributed by atoms with Gasteiger partial charge in [0.1, 0.15) is 0 Å². The van der Waals surface area contributed by atoms with Crippen LogP contribution in [0.3, 0.4) is 0 Å². The summed E-state index contributed by atoms with van der Waals surface area (Å²) in [5.74, 6) is 0.612. The Morgan fingerprint density at radius 2 is 2.25 bits per heavy atom. The average molecular weight is 226 g/mol. The Balaban J connectivity index is 2.10. The first-order chi connectivity index (χ1) is 7.70. The van der Waals surface area contributed by atoms with Crippen LogP contribution in [-0.2, 0) is 4.74 Å². The van der Waals surface area contributed by atoms with E-state index >= 15 is 0 Å². The summed E-state index contributed by atoms with van der Waals surface area (Å²) in [6.07, 6.45) is 2.61. The normalized spacial score (nSPS) is 10.8. The topological polar surface area (TPSA) is 34.1 Å². The Morgan fingerprint density at radius 3 is 2.94 bits per heavy atom. The molecule has 1 rings (SSSR count). The van der Waals surface area contributed by atoms with Crippen molar-refractivity contribution in [2.24, 2.45) is 5.92 Å². The first-order valence-electron chi connectivity index (χ1n) is 5.62. The minimum Gasteiger partial charge on any atom is -0.380 e. The molecule has 90 valence electrons. The lowest BCUT2D eigenvalue weighted by atomic mass is 10.1. The molecule has 1 heterocycles. The molecule has 1 aromatic heterocycles. The molecular formula is C12H19FN2O. The summed E-state index contributed by atoms with van der Waals surface area (Å²) >= 11 is 0. The van der Waals surface area contributed by atoms with Crippen LogP contribution >= 0.6 is 0 Å². The van der Waals surface area contributed by atoms with Crippen molar-refractivity contribution in [3.8, 4) is 0 Å². The summed E-state index contributed by atoms with van der Waals surface area (Å²) in [5.41, 5.74) is 0. The van der Waals surface area contributed by atoms with Gasteiger partial charge in [0, 0.05) is 19.3 Å². The highest BCUT2D eigenvalue weighted by atomic mass is 19.1. The molecular weight excluding hydrogens is 207 g/mol. The molecule has 0 aliphatic heterocycles. The van der Waals surface area contributed by atoms with Gasteiger partial charge in [-0.2, -0.15) is 0 Å². The molecule has 0 spiro atoms. The van der Waals surface area contributed by atoms with E-state index in [9.17, 15) is 4.39 Å². The fraction of sp³-hybridized carbons (Fsp3) is 0.583. The molecule has 0 saturated heterocycles. The van der Waals surface area contributed by atoms with Gasteiger partial charge in [-0.15, -0.1) is 0 Å². The van der Waals surface area contributed by atoms with E-state index in [1.54, 1.807) is 12.3 Å². The van der Waals surface area contributed by atoms with Gasteiger partial charge in [0.2, 0.25) is 0 Å². The maximum Gasteiger partial charge on any atom is 0.165 e. The van der Waals surface area contributed by atoms with Crippen molar-refractivity contribution in [1.29, 1.82) is 0 Å². The third kappa shape index (κ3) is 5.07. The molecule has 0 amide bonds. The molecule has 0 aromatic carbocycles. The van der Waals surface area contributed by atoms with Gasteiger partial charge >= 0.3 is 0 Å². The van der Waals surface area contributed by atoms with Gasteiger partial charge in [-0.25, -0.2) is 9.37 Å². The van der Waals surface area contributed by atoms with Crippen LogP contribution in [-0.4, -0.2) is 24.7 Å². The van der Waals surface area contributed by atoms with Gasteiger partial charge < -0.3 is 10.1 Å². The van der Waals surface area contributed by atoms with Gasteiger partial charge in [0.05, 0.1) is 6.61 Å². The maximum atomic E-state index is 13.1. The largest absolute Gasteiger partial charge is 0.380 e. The average Bonchev–Trinajstić information content (AvgIpc) is 2.25. The van der Waals surface area contributed by atoms with Crippen LogP contribution in [0.1, 0.15) is 20.3 Å². The third-order valence-electron chi connectivity index (χ3n) is 2.14. The van der Waals surface area contributed by atoms with E-state index in [-0.39, 0.29) is 11.6 Å². The molecule has 0 fully saturated rings. The minimum absolute atomic E-state index is 0.287. The fourth-order valence-electron chi connectivity index (χ4n) is 1.18. The van der Waals surface area contributed by atoms with Gasteiger partial charge in [0.25, 0.3) is 0 Å². The van der Waals surface area contributed by atoms with Crippen LogP contribution in [0.5, 0.6) is 0 Å². The van der Waals surface area contributed by atoms with Crippen molar-refractivity contribution in [3.63, 3.8) is 0 Å². The monoisotopic (exact) mass is 226 g/mol. The Kier molecular flexibility index (Phi) is 5.78. The summed E-state index contributed by atoms with van der Waals surface area (Å²) < 4.78 is 18.5. The summed E-state index contributed by atoms with van der Waals surface area (Å²) in [6, 6.07) is 2.95. The number of anilines is 1. The molecule has 16 heavy (non-hydrogen) atoms. The Hall–Kier alpha value is -1.16. The molecule has 0 aliphatic rings. The van der Waals surface area contributed by atoms with E-state index in [0.29, 0.717) is 19.1 Å². The Bertz CT molecular complexity index is 305. The Morgan fingerprint density at radius 1 is 1.44 bits per heavy atom. The predicted octanol–water partition coefficient (Wildman–Crippen LogP) is 2.70. The number of hydrogen-bond acceptors (Lipinski definition) is 3. The van der Waals surface area contributed by atoms with Crippen molar-refractivity contribution >= 4 is 5.82 Å². The quantitative estimate of drug-likeness (QED) is 0.726. The first kappa shape index (κ1) is 12.9. The number of ether oxygens (including phenoxy) is 1. The highest BCUT2D eigenvalue weighted by molar-refractivity contribution is 5.35. The third-order valence-corrected chi connectivity index (χ3v) is 2.14. The second kappa shape index (κ2) is 7.17. The van der Waals surface area contributed by atoms with E-state index in [4.69, 9.17) is 4.74 Å². The van der Waals surface area contributed by atoms with Gasteiger partial charge in [-0.1, -0.05) is 13.8 Å². The number of pyridine rings is 1. The highest BCUT2D eigenvalue weighted by Gasteiger charge is 2.00. The summed E-state index contributed by atoms with van der Waals surface area (Å²) in [6.45, 7) is 6.22. The lowest BCUT2D eigenvalue weighted by Gasteiger charge is -2.08. The zero-order valence-electron chi connectivity index (χ0n) is 9.87. The fourth-order valence-corrected chi connectivity index (χ4v) is 1.18. The molecule has 1 aromatic rings. The molecule has 0 unspecified atom stereocenters. The van der Waals surface area contributed by atoms with Crippen molar-refractivity contribution in [2.45, 2.75) is 20.3 Å². The molecule has 0 radical (unpaired) electrons. The molecule has 0 bridgehead atoms. The number of hydrogen-bond donors (Lipinski definition) is 1. The highest BCUT2D eigenvalue weighted by Crippen LogP contribution is 2.07. The van der Waals surface area contributed by atoms with Gasteiger partial charge in [-0.05, 0) is 24.5 Å². The molecule has 3 nitrogen and oxygen atoms in total. The molecule has 4 heteroatoms. The Labute approximate surface area is 96.0 Å². The van der Waals surface area contributed by atoms with Crippen molar-refractivity contribution in [2.75, 3.05) is 25.1 Å². The number of nitrogens with zero attached hydrogens (tertiary/aromatic N) is 1. The van der Waals surface area contributed by atoms with E-state index in [0.717, 1.165) is 13.0 Å². The van der Waals surface area contributed by atoms with Crippen molar-refractivity contribution in [1.82, 2.24) is 4.98 Å². The number of aromatic nitrogens is 1. The van der Waals surface area contributed by atoms with E-state index < -0.39 is 0 Å². The molecule has 1 N–H and O–H groups in total. The smallest absolute Gasteiger partial charge is 0.165 e. The number of halogens is 1. The van der Waals surface area contributed by atoms with Crippen molar-refractivity contribution in [3.05, 3.63) is 24.1 Å². The maximum absolute atomic E-state index is 13.1. The van der Waals surface area contributed by atoms with Crippen molar-refractivity contribution < 1.29 is 9.13 Å². The van der Waals surface area contributed by atoms with Gasteiger partial charge in [0.15, 0.2) is 11.6 Å². The zero-order valence-corrected chi connectivity index (χ0v) is 9.87. The van der Waals surface area contributed by atoms with Crippen LogP contribution < -0.4 is 5.32 Å². The predicted molar refractivity (Wildman–Crippen MR) is 63.0 cm³/mol. The number of rotatable bonds is 7. The lowest BCUT2D eigenvalue weighted by molar-refractivity contribution is 0.132. The lowest BCUT2D eigenvalue weighted by Crippen LogP contribution is -2.12. The number of nitrogens with one attached hydrogen (secondary N) is 1. The molecule has 0 atom stereocenters. The van der Waals surface area contributed by atoms with E-state index in [2.05, 4.69) is 24.1 Å². The molecule has 0 aliphatic carbocycles. The molecule has 0 saturated carbocycles. The second-order valence-electron chi connectivity index (χ2n) is 4.06. The van der Waals surface area contributed by atoms with Crippen LogP contribution in [0.25, 0.3) is 0 Å². The second-order valence-corrected chi connectivity index (χ2v) is 4.06. The van der Waals surface area contributed by atoms with E-state index in [1.165, 1.54) is 6.07 Å². The van der Waals surface area contributed by atoms with Crippen LogP contribution in [0.2, 0.25) is 0 Å². The zero-order chi connectivity index (χ0) is 11.8. The van der Waals surface area contributed by atoms with Crippen LogP contribution in [0, 0.1) is 11.7 Å². The van der Waals surface area contributed by atoms with Gasteiger partial charge in [-0.3, -0.25) is 0 Å². The minimum atomic E-state index is -0.329.